The third kappa shape index (κ3) is 2.52. The van der Waals surface area contributed by atoms with Gasteiger partial charge in [-0.1, -0.05) is 0 Å². The summed E-state index contributed by atoms with van der Waals surface area (Å²) in [6.45, 7) is 0. The van der Waals surface area contributed by atoms with Crippen LogP contribution in [0, 0.1) is 0 Å². The number of halogens is 1. The highest BCUT2D eigenvalue weighted by Crippen LogP contribution is 2.26. The monoisotopic (exact) mass is 285 g/mol. The van der Waals surface area contributed by atoms with Crippen LogP contribution in [-0.4, -0.2) is 22.2 Å². The van der Waals surface area contributed by atoms with Gasteiger partial charge in [0.15, 0.2) is 0 Å². The zero-order valence-electron chi connectivity index (χ0n) is 8.65. The molecule has 1 aromatic heterocycles. The largest absolute Gasteiger partial charge is 0.477 e. The van der Waals surface area contributed by atoms with Gasteiger partial charge in [-0.15, -0.1) is 0 Å². The summed E-state index contributed by atoms with van der Waals surface area (Å²) in [7, 11) is 0. The molecule has 0 saturated heterocycles. The van der Waals surface area contributed by atoms with Crippen LogP contribution in [0.2, 0.25) is 0 Å². The molecule has 0 amide bonds. The highest BCUT2D eigenvalue weighted by molar-refractivity contribution is 9.10. The first-order chi connectivity index (χ1) is 7.66. The van der Waals surface area contributed by atoms with Crippen molar-refractivity contribution < 1.29 is 14.6 Å². The molecule has 1 aliphatic carbocycles. The number of hydrogen-bond donors (Lipinski definition) is 1. The summed E-state index contributed by atoms with van der Waals surface area (Å²) >= 11 is 3.20. The molecule has 0 spiro atoms. The zero-order chi connectivity index (χ0) is 11.5. The molecule has 2 rings (SSSR count). The lowest BCUT2D eigenvalue weighted by Gasteiger charge is -2.13. The van der Waals surface area contributed by atoms with Crippen molar-refractivity contribution in [3.8, 4) is 5.88 Å². The Morgan fingerprint density at radius 3 is 2.81 bits per heavy atom. The summed E-state index contributed by atoms with van der Waals surface area (Å²) in [5.74, 6) is -0.788. The lowest BCUT2D eigenvalue weighted by Crippen LogP contribution is -2.14. The van der Waals surface area contributed by atoms with Crippen LogP contribution < -0.4 is 4.74 Å². The first-order valence-corrected chi connectivity index (χ1v) is 6.01. The fourth-order valence-corrected chi connectivity index (χ4v) is 2.17. The van der Waals surface area contributed by atoms with Crippen molar-refractivity contribution >= 4 is 21.9 Å². The highest BCUT2D eigenvalue weighted by atomic mass is 79.9. The van der Waals surface area contributed by atoms with E-state index in [-0.39, 0.29) is 17.5 Å². The van der Waals surface area contributed by atoms with E-state index in [9.17, 15) is 4.79 Å². The van der Waals surface area contributed by atoms with Gasteiger partial charge in [-0.05, 0) is 47.7 Å². The van der Waals surface area contributed by atoms with Crippen molar-refractivity contribution in [1.29, 1.82) is 0 Å². The summed E-state index contributed by atoms with van der Waals surface area (Å²) in [5, 5.41) is 9.02. The molecule has 0 aromatic carbocycles. The maximum atomic E-state index is 11.0. The molecule has 16 heavy (non-hydrogen) atoms. The third-order valence-electron chi connectivity index (χ3n) is 2.63. The molecule has 1 fully saturated rings. The first kappa shape index (κ1) is 11.4. The van der Waals surface area contributed by atoms with Crippen molar-refractivity contribution in [3.63, 3.8) is 0 Å². The average molecular weight is 286 g/mol. The number of aromatic carboxylic acids is 1. The molecular formula is C11H12BrNO3. The minimum atomic E-state index is -1.01. The number of ether oxygens (including phenoxy) is 1. The fraction of sp³-hybridized carbons (Fsp3) is 0.455. The van der Waals surface area contributed by atoms with Crippen LogP contribution in [0.15, 0.2) is 16.7 Å². The molecule has 0 aliphatic heterocycles. The van der Waals surface area contributed by atoms with Gasteiger partial charge in [0.05, 0.1) is 0 Å². The summed E-state index contributed by atoms with van der Waals surface area (Å²) in [4.78, 5) is 15.0. The molecule has 1 N–H and O–H groups in total. The van der Waals surface area contributed by atoms with E-state index in [1.807, 2.05) is 0 Å². The van der Waals surface area contributed by atoms with E-state index in [0.717, 1.165) is 25.7 Å². The predicted molar refractivity (Wildman–Crippen MR) is 61.8 cm³/mol. The minimum Gasteiger partial charge on any atom is -0.477 e. The lowest BCUT2D eigenvalue weighted by molar-refractivity contribution is 0.0687. The summed E-state index contributed by atoms with van der Waals surface area (Å²) in [6, 6.07) is 1.51. The Morgan fingerprint density at radius 2 is 2.19 bits per heavy atom. The molecule has 1 aromatic rings. The van der Waals surface area contributed by atoms with E-state index >= 15 is 0 Å². The van der Waals surface area contributed by atoms with Gasteiger partial charge in [-0.2, -0.15) is 0 Å². The lowest BCUT2D eigenvalue weighted by atomic mass is 10.2. The van der Waals surface area contributed by atoms with Gasteiger partial charge in [0.2, 0.25) is 5.88 Å². The third-order valence-corrected chi connectivity index (χ3v) is 3.06. The van der Waals surface area contributed by atoms with Gasteiger partial charge < -0.3 is 9.84 Å². The number of carboxylic acid groups (broad SMARTS) is 1. The standard InChI is InChI=1S/C11H12BrNO3/c12-7-5-9(11(14)15)10(13-6-7)16-8-3-1-2-4-8/h5-6,8H,1-4H2,(H,14,15). The van der Waals surface area contributed by atoms with E-state index < -0.39 is 5.97 Å². The van der Waals surface area contributed by atoms with Crippen molar-refractivity contribution in [2.45, 2.75) is 31.8 Å². The molecule has 1 heterocycles. The average Bonchev–Trinajstić information content (AvgIpc) is 2.73. The van der Waals surface area contributed by atoms with Gasteiger partial charge >= 0.3 is 5.97 Å². The van der Waals surface area contributed by atoms with Crippen LogP contribution in [0.5, 0.6) is 5.88 Å². The van der Waals surface area contributed by atoms with Crippen LogP contribution in [0.4, 0.5) is 0 Å². The SMILES string of the molecule is O=C(O)c1cc(Br)cnc1OC1CCCC1. The number of carbonyl (C=O) groups is 1. The molecule has 86 valence electrons. The molecule has 0 radical (unpaired) electrons. The quantitative estimate of drug-likeness (QED) is 0.928. The van der Waals surface area contributed by atoms with E-state index in [0.29, 0.717) is 4.47 Å². The maximum Gasteiger partial charge on any atom is 0.341 e. The van der Waals surface area contributed by atoms with Crippen molar-refractivity contribution in [1.82, 2.24) is 4.98 Å². The molecule has 1 aliphatic rings. The van der Waals surface area contributed by atoms with Crippen molar-refractivity contribution in [3.05, 3.63) is 22.3 Å². The summed E-state index contributed by atoms with van der Waals surface area (Å²) < 4.78 is 6.25. The molecule has 0 atom stereocenters. The van der Waals surface area contributed by atoms with Gasteiger partial charge in [0.25, 0.3) is 0 Å². The van der Waals surface area contributed by atoms with E-state index in [4.69, 9.17) is 9.84 Å². The maximum absolute atomic E-state index is 11.0. The van der Waals surface area contributed by atoms with Gasteiger partial charge in [-0.25, -0.2) is 9.78 Å². The van der Waals surface area contributed by atoms with Crippen LogP contribution in [0.3, 0.4) is 0 Å². The zero-order valence-corrected chi connectivity index (χ0v) is 10.2. The Hall–Kier alpha value is -1.10. The number of hydrogen-bond acceptors (Lipinski definition) is 3. The van der Waals surface area contributed by atoms with Gasteiger partial charge in [0, 0.05) is 10.7 Å². The van der Waals surface area contributed by atoms with E-state index in [1.165, 1.54) is 6.07 Å². The Kier molecular flexibility index (Phi) is 3.43. The molecule has 4 nitrogen and oxygen atoms in total. The number of carboxylic acids is 1. The molecule has 5 heteroatoms. The molecular weight excluding hydrogens is 274 g/mol. The molecule has 1 saturated carbocycles. The highest BCUT2D eigenvalue weighted by Gasteiger charge is 2.21. The van der Waals surface area contributed by atoms with Gasteiger partial charge in [0.1, 0.15) is 11.7 Å². The second-order valence-electron chi connectivity index (χ2n) is 3.84. The van der Waals surface area contributed by atoms with Crippen LogP contribution >= 0.6 is 15.9 Å². The smallest absolute Gasteiger partial charge is 0.341 e. The molecule has 0 bridgehead atoms. The van der Waals surface area contributed by atoms with E-state index in [2.05, 4.69) is 20.9 Å². The fourth-order valence-electron chi connectivity index (χ4n) is 1.84. The minimum absolute atomic E-state index is 0.112. The Balaban J connectivity index is 2.21. The molecule has 0 unspecified atom stereocenters. The number of rotatable bonds is 3. The Labute approximate surface area is 102 Å². The van der Waals surface area contributed by atoms with E-state index in [1.54, 1.807) is 6.20 Å². The normalized spacial score (nSPS) is 16.3. The van der Waals surface area contributed by atoms with Crippen molar-refractivity contribution in [2.75, 3.05) is 0 Å². The topological polar surface area (TPSA) is 59.4 Å². The first-order valence-electron chi connectivity index (χ1n) is 5.22. The van der Waals surface area contributed by atoms with Crippen molar-refractivity contribution in [2.24, 2.45) is 0 Å². The second-order valence-corrected chi connectivity index (χ2v) is 4.75. The van der Waals surface area contributed by atoms with Crippen LogP contribution in [-0.2, 0) is 0 Å². The second kappa shape index (κ2) is 4.82. The number of nitrogens with zero attached hydrogens (tertiary/aromatic N) is 1. The van der Waals surface area contributed by atoms with Gasteiger partial charge in [-0.3, -0.25) is 0 Å². The predicted octanol–water partition coefficient (Wildman–Crippen LogP) is 2.86. The Bertz CT molecular complexity index is 402. The summed E-state index contributed by atoms with van der Waals surface area (Å²) in [5.41, 5.74) is 0.112. The Morgan fingerprint density at radius 1 is 1.50 bits per heavy atom. The summed E-state index contributed by atoms with van der Waals surface area (Å²) in [6.07, 6.45) is 5.92. The van der Waals surface area contributed by atoms with Crippen LogP contribution in [0.1, 0.15) is 36.0 Å². The van der Waals surface area contributed by atoms with Crippen LogP contribution in [0.25, 0.3) is 0 Å². The number of pyridine rings is 1. The number of aromatic nitrogens is 1.